The molecule has 1 saturated carbocycles. The average Bonchev–Trinajstić information content (AvgIpc) is 2.98. The van der Waals surface area contributed by atoms with Gasteiger partial charge in [-0.25, -0.2) is 0 Å². The number of ether oxygens (including phenoxy) is 1. The third-order valence-electron chi connectivity index (χ3n) is 3.84. The molecule has 120 valence electrons. The van der Waals surface area contributed by atoms with E-state index in [2.05, 4.69) is 5.32 Å². The molecule has 0 spiro atoms. The maximum absolute atomic E-state index is 11.9. The lowest BCUT2D eigenvalue weighted by molar-refractivity contribution is -0.148. The quantitative estimate of drug-likeness (QED) is 0.808. The van der Waals surface area contributed by atoms with E-state index >= 15 is 0 Å². The van der Waals surface area contributed by atoms with E-state index in [1.165, 1.54) is 12.8 Å². The molecule has 0 saturated heterocycles. The summed E-state index contributed by atoms with van der Waals surface area (Å²) in [6.45, 7) is 1.49. The molecule has 1 N–H and O–H groups in total. The Bertz CT molecular complexity index is 569. The largest absolute Gasteiger partial charge is 0.456 e. The van der Waals surface area contributed by atoms with Crippen LogP contribution in [0.5, 0.6) is 0 Å². The van der Waals surface area contributed by atoms with E-state index < -0.39 is 5.91 Å². The summed E-state index contributed by atoms with van der Waals surface area (Å²) >= 11 is 12.1. The fourth-order valence-electron chi connectivity index (χ4n) is 2.60. The first kappa shape index (κ1) is 17.1. The number of esters is 1. The number of benzene rings is 1. The van der Waals surface area contributed by atoms with E-state index in [1.807, 2.05) is 6.92 Å². The van der Waals surface area contributed by atoms with Crippen molar-refractivity contribution in [2.45, 2.75) is 39.0 Å². The fraction of sp³-hybridized carbons (Fsp3) is 0.500. The normalized spacial score (nSPS) is 14.9. The lowest BCUT2D eigenvalue weighted by Gasteiger charge is -2.12. The van der Waals surface area contributed by atoms with Gasteiger partial charge in [0, 0.05) is 6.42 Å². The molecule has 2 rings (SSSR count). The Morgan fingerprint density at radius 3 is 2.64 bits per heavy atom. The number of hydrogen-bond donors (Lipinski definition) is 1. The minimum atomic E-state index is -0.450. The van der Waals surface area contributed by atoms with Crippen LogP contribution in [-0.4, -0.2) is 18.5 Å². The van der Waals surface area contributed by atoms with Crippen molar-refractivity contribution in [1.29, 1.82) is 0 Å². The van der Waals surface area contributed by atoms with Crippen LogP contribution in [-0.2, 0) is 14.3 Å². The van der Waals surface area contributed by atoms with Gasteiger partial charge < -0.3 is 10.1 Å². The Morgan fingerprint density at radius 1 is 1.27 bits per heavy atom. The van der Waals surface area contributed by atoms with Gasteiger partial charge in [-0.05, 0) is 37.3 Å². The Hall–Kier alpha value is -1.26. The topological polar surface area (TPSA) is 55.4 Å². The first-order valence-corrected chi connectivity index (χ1v) is 8.13. The van der Waals surface area contributed by atoms with E-state index in [9.17, 15) is 9.59 Å². The number of hydrogen-bond acceptors (Lipinski definition) is 3. The van der Waals surface area contributed by atoms with Crippen molar-refractivity contribution in [2.75, 3.05) is 11.9 Å². The summed E-state index contributed by atoms with van der Waals surface area (Å²) in [6, 6.07) is 3.42. The van der Waals surface area contributed by atoms with Crippen LogP contribution >= 0.6 is 23.2 Å². The van der Waals surface area contributed by atoms with E-state index in [1.54, 1.807) is 12.1 Å². The van der Waals surface area contributed by atoms with Crippen molar-refractivity contribution in [2.24, 2.45) is 5.92 Å². The molecule has 0 aromatic heterocycles. The molecule has 1 aromatic rings. The van der Waals surface area contributed by atoms with Crippen molar-refractivity contribution < 1.29 is 14.3 Å². The third-order valence-corrected chi connectivity index (χ3v) is 4.64. The number of rotatable bonds is 5. The lowest BCUT2D eigenvalue weighted by atomic mass is 10.1. The van der Waals surface area contributed by atoms with Gasteiger partial charge in [0.15, 0.2) is 6.61 Å². The smallest absolute Gasteiger partial charge is 0.306 e. The van der Waals surface area contributed by atoms with Crippen LogP contribution in [0.3, 0.4) is 0 Å². The van der Waals surface area contributed by atoms with E-state index in [0.717, 1.165) is 18.4 Å². The second-order valence-electron chi connectivity index (χ2n) is 5.62. The molecule has 22 heavy (non-hydrogen) atoms. The van der Waals surface area contributed by atoms with E-state index in [0.29, 0.717) is 28.1 Å². The number of anilines is 1. The second-order valence-corrected chi connectivity index (χ2v) is 6.40. The fourth-order valence-corrected chi connectivity index (χ4v) is 3.07. The van der Waals surface area contributed by atoms with Crippen molar-refractivity contribution in [3.63, 3.8) is 0 Å². The number of amides is 1. The van der Waals surface area contributed by atoms with Gasteiger partial charge in [0.25, 0.3) is 5.91 Å². The number of nitrogens with one attached hydrogen (secondary N) is 1. The molecule has 0 radical (unpaired) electrons. The second kappa shape index (κ2) is 7.84. The van der Waals surface area contributed by atoms with Gasteiger partial charge in [-0.1, -0.05) is 42.1 Å². The molecule has 6 heteroatoms. The van der Waals surface area contributed by atoms with Crippen LogP contribution in [0.4, 0.5) is 5.69 Å². The Balaban J connectivity index is 1.83. The summed E-state index contributed by atoms with van der Waals surface area (Å²) in [5, 5.41) is 3.32. The summed E-state index contributed by atoms with van der Waals surface area (Å²) in [5.74, 6) is -0.381. The summed E-state index contributed by atoms with van der Waals surface area (Å²) in [7, 11) is 0. The minimum absolute atomic E-state index is 0.327. The Labute approximate surface area is 140 Å². The van der Waals surface area contributed by atoms with Gasteiger partial charge in [0.2, 0.25) is 0 Å². The average molecular weight is 344 g/mol. The molecule has 0 unspecified atom stereocenters. The first-order chi connectivity index (χ1) is 10.5. The van der Waals surface area contributed by atoms with Crippen LogP contribution in [0, 0.1) is 12.8 Å². The van der Waals surface area contributed by atoms with Gasteiger partial charge >= 0.3 is 5.97 Å². The number of halogens is 2. The van der Waals surface area contributed by atoms with Crippen LogP contribution in [0.2, 0.25) is 10.0 Å². The number of aryl methyl sites for hydroxylation is 1. The molecule has 0 aliphatic heterocycles. The summed E-state index contributed by atoms with van der Waals surface area (Å²) in [4.78, 5) is 23.6. The standard InChI is InChI=1S/C16H19Cl2NO3/c1-10-6-7-12(17)16(15(10)18)19-13(20)9-22-14(21)8-11-4-2-3-5-11/h6-7,11H,2-5,8-9H2,1H3,(H,19,20). The van der Waals surface area contributed by atoms with Crippen molar-refractivity contribution in [3.8, 4) is 0 Å². The van der Waals surface area contributed by atoms with Crippen molar-refractivity contribution in [3.05, 3.63) is 27.7 Å². The molecule has 1 fully saturated rings. The molecular weight excluding hydrogens is 325 g/mol. The van der Waals surface area contributed by atoms with Crippen LogP contribution in [0.1, 0.15) is 37.7 Å². The first-order valence-electron chi connectivity index (χ1n) is 7.37. The highest BCUT2D eigenvalue weighted by Gasteiger charge is 2.20. The van der Waals surface area contributed by atoms with Crippen LogP contribution < -0.4 is 5.32 Å². The van der Waals surface area contributed by atoms with Gasteiger partial charge in [0.1, 0.15) is 0 Å². The molecule has 1 amide bonds. The minimum Gasteiger partial charge on any atom is -0.456 e. The van der Waals surface area contributed by atoms with Crippen LogP contribution in [0.15, 0.2) is 12.1 Å². The molecule has 0 bridgehead atoms. The highest BCUT2D eigenvalue weighted by atomic mass is 35.5. The summed E-state index contributed by atoms with van der Waals surface area (Å²) in [5.41, 5.74) is 1.15. The molecule has 4 nitrogen and oxygen atoms in total. The van der Waals surface area contributed by atoms with Crippen molar-refractivity contribution in [1.82, 2.24) is 0 Å². The number of carbonyl (C=O) groups is 2. The lowest BCUT2D eigenvalue weighted by Crippen LogP contribution is -2.22. The van der Waals surface area contributed by atoms with Gasteiger partial charge in [-0.3, -0.25) is 9.59 Å². The summed E-state index contributed by atoms with van der Waals surface area (Å²) in [6.07, 6.45) is 4.86. The molecular formula is C16H19Cl2NO3. The molecule has 1 aliphatic carbocycles. The maximum Gasteiger partial charge on any atom is 0.306 e. The zero-order chi connectivity index (χ0) is 16.1. The third kappa shape index (κ3) is 4.62. The summed E-state index contributed by atoms with van der Waals surface area (Å²) < 4.78 is 5.01. The SMILES string of the molecule is Cc1ccc(Cl)c(NC(=O)COC(=O)CC2CCCC2)c1Cl. The predicted octanol–water partition coefficient (Wildman–Crippen LogP) is 4.36. The zero-order valence-corrected chi connectivity index (χ0v) is 14.0. The predicted molar refractivity (Wildman–Crippen MR) is 87.4 cm³/mol. The highest BCUT2D eigenvalue weighted by molar-refractivity contribution is 6.40. The van der Waals surface area contributed by atoms with Crippen LogP contribution in [0.25, 0.3) is 0 Å². The molecule has 1 aliphatic rings. The zero-order valence-electron chi connectivity index (χ0n) is 12.5. The van der Waals surface area contributed by atoms with Crippen molar-refractivity contribution >= 4 is 40.8 Å². The Kier molecular flexibility index (Phi) is 6.09. The maximum atomic E-state index is 11.9. The molecule has 0 heterocycles. The van der Waals surface area contributed by atoms with Gasteiger partial charge in [-0.15, -0.1) is 0 Å². The number of carbonyl (C=O) groups excluding carboxylic acids is 2. The van der Waals surface area contributed by atoms with E-state index in [4.69, 9.17) is 27.9 Å². The van der Waals surface area contributed by atoms with Gasteiger partial charge in [0.05, 0.1) is 15.7 Å². The molecule has 0 atom stereocenters. The van der Waals surface area contributed by atoms with E-state index in [-0.39, 0.29) is 12.6 Å². The Morgan fingerprint density at radius 2 is 1.95 bits per heavy atom. The highest BCUT2D eigenvalue weighted by Crippen LogP contribution is 2.32. The molecule has 1 aromatic carbocycles. The monoisotopic (exact) mass is 343 g/mol. The van der Waals surface area contributed by atoms with Gasteiger partial charge in [-0.2, -0.15) is 0 Å².